The molecule has 1 unspecified atom stereocenters. The fraction of sp³-hybridized carbons (Fsp3) is 0.200. The van der Waals surface area contributed by atoms with Crippen molar-refractivity contribution in [2.24, 2.45) is 0 Å². The summed E-state index contributed by atoms with van der Waals surface area (Å²) in [7, 11) is 3.53. The van der Waals surface area contributed by atoms with Gasteiger partial charge in [-0.25, -0.2) is 0 Å². The number of ether oxygens (including phenoxy) is 1. The number of hydrogen-bond acceptors (Lipinski definition) is 2. The van der Waals surface area contributed by atoms with Crippen molar-refractivity contribution < 1.29 is 4.74 Å². The Labute approximate surface area is 137 Å². The lowest BCUT2D eigenvalue weighted by molar-refractivity contribution is 0.414. The van der Waals surface area contributed by atoms with Gasteiger partial charge in [0.15, 0.2) is 0 Å². The van der Waals surface area contributed by atoms with Crippen molar-refractivity contribution in [3.8, 4) is 5.75 Å². The Kier molecular flexibility index (Phi) is 5.33. The number of hydrogen-bond donors (Lipinski definition) is 1. The first-order valence-corrected chi connectivity index (χ1v) is 7.58. The highest BCUT2D eigenvalue weighted by atomic mass is 79.9. The summed E-state index contributed by atoms with van der Waals surface area (Å²) in [5.74, 6) is 0.799. The Bertz CT molecular complexity index is 619. The van der Waals surface area contributed by atoms with Crippen LogP contribution in [0.3, 0.4) is 0 Å². The molecule has 2 nitrogen and oxygen atoms in total. The quantitative estimate of drug-likeness (QED) is 0.806. The Hall–Kier alpha value is -0.740. The Morgan fingerprint density at radius 3 is 2.50 bits per heavy atom. The third kappa shape index (κ3) is 3.12. The van der Waals surface area contributed by atoms with Crippen LogP contribution in [0.2, 0.25) is 10.0 Å². The van der Waals surface area contributed by atoms with E-state index in [1.807, 2.05) is 37.4 Å². The van der Waals surface area contributed by atoms with Crippen LogP contribution in [0.4, 0.5) is 0 Å². The molecule has 0 bridgehead atoms. The molecule has 20 heavy (non-hydrogen) atoms. The summed E-state index contributed by atoms with van der Waals surface area (Å²) < 4.78 is 6.17. The lowest BCUT2D eigenvalue weighted by Crippen LogP contribution is -2.18. The summed E-state index contributed by atoms with van der Waals surface area (Å²) in [6.07, 6.45) is 0. The van der Waals surface area contributed by atoms with Gasteiger partial charge in [0.1, 0.15) is 5.75 Å². The van der Waals surface area contributed by atoms with Crippen LogP contribution in [0.15, 0.2) is 40.9 Å². The van der Waals surface area contributed by atoms with E-state index in [1.54, 1.807) is 13.2 Å². The van der Waals surface area contributed by atoms with Gasteiger partial charge in [-0.2, -0.15) is 0 Å². The third-order valence-corrected chi connectivity index (χ3v) is 4.62. The van der Waals surface area contributed by atoms with Gasteiger partial charge in [0.25, 0.3) is 0 Å². The molecule has 5 heteroatoms. The topological polar surface area (TPSA) is 21.3 Å². The van der Waals surface area contributed by atoms with Crippen LogP contribution >= 0.6 is 39.1 Å². The Balaban J connectivity index is 2.50. The van der Waals surface area contributed by atoms with Gasteiger partial charge in [-0.3, -0.25) is 0 Å². The number of halogens is 3. The predicted molar refractivity (Wildman–Crippen MR) is 88.1 cm³/mol. The number of rotatable bonds is 4. The summed E-state index contributed by atoms with van der Waals surface area (Å²) in [6, 6.07) is 11.4. The molecule has 0 aliphatic rings. The van der Waals surface area contributed by atoms with E-state index >= 15 is 0 Å². The maximum Gasteiger partial charge on any atom is 0.120 e. The number of benzene rings is 2. The van der Waals surface area contributed by atoms with E-state index in [4.69, 9.17) is 27.9 Å². The maximum absolute atomic E-state index is 6.32. The lowest BCUT2D eigenvalue weighted by atomic mass is 9.98. The predicted octanol–water partition coefficient (Wildman–Crippen LogP) is 5.07. The molecule has 106 valence electrons. The van der Waals surface area contributed by atoms with E-state index in [0.29, 0.717) is 10.0 Å². The van der Waals surface area contributed by atoms with Gasteiger partial charge in [0, 0.05) is 4.47 Å². The van der Waals surface area contributed by atoms with Crippen molar-refractivity contribution in [3.63, 3.8) is 0 Å². The first kappa shape index (κ1) is 15.6. The van der Waals surface area contributed by atoms with Crippen LogP contribution in [0.5, 0.6) is 5.75 Å². The smallest absolute Gasteiger partial charge is 0.120 e. The van der Waals surface area contributed by atoms with Crippen LogP contribution in [0.25, 0.3) is 0 Å². The number of methoxy groups -OCH3 is 1. The minimum absolute atomic E-state index is 0.0542. The molecular formula is C15H14BrCl2NO. The van der Waals surface area contributed by atoms with Gasteiger partial charge in [0.2, 0.25) is 0 Å². The van der Waals surface area contributed by atoms with Crippen LogP contribution in [-0.4, -0.2) is 14.2 Å². The van der Waals surface area contributed by atoms with Crippen molar-refractivity contribution in [1.29, 1.82) is 0 Å². The zero-order valence-electron chi connectivity index (χ0n) is 11.1. The largest absolute Gasteiger partial charge is 0.497 e. The average molecular weight is 375 g/mol. The molecule has 2 aromatic rings. The monoisotopic (exact) mass is 373 g/mol. The SMILES string of the molecule is CNC(c1ccc(OC)cc1Br)c1cccc(Cl)c1Cl. The standard InChI is InChI=1S/C15H14BrCl2NO/c1-19-15(11-4-3-5-13(17)14(11)18)10-7-6-9(20-2)8-12(10)16/h3-8,15,19H,1-2H3. The molecule has 0 radical (unpaired) electrons. The van der Waals surface area contributed by atoms with Gasteiger partial charge in [0.05, 0.1) is 23.2 Å². The van der Waals surface area contributed by atoms with Gasteiger partial charge in [-0.1, -0.05) is 57.3 Å². The normalized spacial score (nSPS) is 12.2. The lowest BCUT2D eigenvalue weighted by Gasteiger charge is -2.20. The first-order valence-electron chi connectivity index (χ1n) is 6.03. The number of nitrogens with one attached hydrogen (secondary N) is 1. The summed E-state index contributed by atoms with van der Waals surface area (Å²) >= 11 is 16.0. The molecule has 0 saturated heterocycles. The van der Waals surface area contributed by atoms with Crippen LogP contribution in [0.1, 0.15) is 17.2 Å². The average Bonchev–Trinajstić information content (AvgIpc) is 2.45. The van der Waals surface area contributed by atoms with Gasteiger partial charge in [-0.05, 0) is 36.4 Å². The first-order chi connectivity index (χ1) is 9.58. The molecule has 0 saturated carbocycles. The van der Waals surface area contributed by atoms with Crippen molar-refractivity contribution in [3.05, 3.63) is 62.0 Å². The van der Waals surface area contributed by atoms with Gasteiger partial charge >= 0.3 is 0 Å². The molecule has 1 N–H and O–H groups in total. The highest BCUT2D eigenvalue weighted by Crippen LogP contribution is 2.36. The molecule has 0 aliphatic heterocycles. The second kappa shape index (κ2) is 6.81. The fourth-order valence-corrected chi connectivity index (χ4v) is 3.09. The molecule has 0 heterocycles. The van der Waals surface area contributed by atoms with Crippen LogP contribution in [0, 0.1) is 0 Å². The maximum atomic E-state index is 6.32. The van der Waals surface area contributed by atoms with Crippen molar-refractivity contribution in [2.45, 2.75) is 6.04 Å². The minimum atomic E-state index is -0.0542. The zero-order chi connectivity index (χ0) is 14.7. The molecule has 0 spiro atoms. The Morgan fingerprint density at radius 1 is 1.15 bits per heavy atom. The molecule has 0 fully saturated rings. The molecule has 0 aliphatic carbocycles. The van der Waals surface area contributed by atoms with E-state index in [-0.39, 0.29) is 6.04 Å². The molecular weight excluding hydrogens is 361 g/mol. The van der Waals surface area contributed by atoms with E-state index in [0.717, 1.165) is 21.3 Å². The van der Waals surface area contributed by atoms with E-state index in [2.05, 4.69) is 21.2 Å². The second-order valence-electron chi connectivity index (χ2n) is 4.25. The van der Waals surface area contributed by atoms with Crippen molar-refractivity contribution in [2.75, 3.05) is 14.2 Å². The molecule has 0 aromatic heterocycles. The highest BCUT2D eigenvalue weighted by Gasteiger charge is 2.19. The van der Waals surface area contributed by atoms with Crippen LogP contribution < -0.4 is 10.1 Å². The van der Waals surface area contributed by atoms with E-state index in [9.17, 15) is 0 Å². The third-order valence-electron chi connectivity index (χ3n) is 3.10. The highest BCUT2D eigenvalue weighted by molar-refractivity contribution is 9.10. The summed E-state index contributed by atoms with van der Waals surface area (Å²) in [5.41, 5.74) is 2.00. The molecule has 2 aromatic carbocycles. The van der Waals surface area contributed by atoms with Crippen molar-refractivity contribution >= 4 is 39.1 Å². The van der Waals surface area contributed by atoms with Crippen LogP contribution in [-0.2, 0) is 0 Å². The Morgan fingerprint density at radius 2 is 1.90 bits per heavy atom. The molecule has 2 rings (SSSR count). The van der Waals surface area contributed by atoms with Gasteiger partial charge < -0.3 is 10.1 Å². The van der Waals surface area contributed by atoms with E-state index in [1.165, 1.54) is 0 Å². The molecule has 0 amide bonds. The van der Waals surface area contributed by atoms with Gasteiger partial charge in [-0.15, -0.1) is 0 Å². The summed E-state index contributed by atoms with van der Waals surface area (Å²) in [5, 5.41) is 4.38. The summed E-state index contributed by atoms with van der Waals surface area (Å²) in [6.45, 7) is 0. The fourth-order valence-electron chi connectivity index (χ4n) is 2.09. The van der Waals surface area contributed by atoms with E-state index < -0.39 is 0 Å². The van der Waals surface area contributed by atoms with Crippen molar-refractivity contribution in [1.82, 2.24) is 5.32 Å². The summed E-state index contributed by atoms with van der Waals surface area (Å²) in [4.78, 5) is 0. The minimum Gasteiger partial charge on any atom is -0.497 e. The zero-order valence-corrected chi connectivity index (χ0v) is 14.2. The second-order valence-corrected chi connectivity index (χ2v) is 5.89. The molecule has 1 atom stereocenters.